The molecular formula is C24H25N3O4S. The van der Waals surface area contributed by atoms with E-state index < -0.39 is 10.0 Å². The van der Waals surface area contributed by atoms with Crippen LogP contribution in [-0.2, 0) is 48.6 Å². The zero-order chi connectivity index (χ0) is 22.7. The van der Waals surface area contributed by atoms with E-state index in [0.29, 0.717) is 24.2 Å². The molecule has 0 radical (unpaired) electrons. The van der Waals surface area contributed by atoms with E-state index >= 15 is 0 Å². The molecule has 7 nitrogen and oxygen atoms in total. The topological polar surface area (TPSA) is 82.3 Å². The molecule has 0 fully saturated rings. The Balaban J connectivity index is 1.48. The SMILES string of the molecule is Cn1c(=O)n(C)c2cc(S(=O)(=O)NCc3ccccc3COCc3ccccc3)ccc21. The molecule has 0 aliphatic carbocycles. The summed E-state index contributed by atoms with van der Waals surface area (Å²) in [6.07, 6.45) is 0. The number of fused-ring (bicyclic) bond motifs is 1. The molecule has 0 spiro atoms. The van der Waals surface area contributed by atoms with Crippen LogP contribution in [0.4, 0.5) is 0 Å². The molecule has 0 bridgehead atoms. The largest absolute Gasteiger partial charge is 0.372 e. The Labute approximate surface area is 186 Å². The van der Waals surface area contributed by atoms with Gasteiger partial charge in [0.2, 0.25) is 10.0 Å². The quantitative estimate of drug-likeness (QED) is 0.446. The molecule has 0 unspecified atom stereocenters. The summed E-state index contributed by atoms with van der Waals surface area (Å²) in [7, 11) is -0.480. The molecule has 1 N–H and O–H groups in total. The van der Waals surface area contributed by atoms with Crippen molar-refractivity contribution in [1.82, 2.24) is 13.9 Å². The molecule has 1 heterocycles. The van der Waals surface area contributed by atoms with Crippen molar-refractivity contribution >= 4 is 21.1 Å². The maximum atomic E-state index is 12.9. The van der Waals surface area contributed by atoms with Gasteiger partial charge in [0.05, 0.1) is 29.1 Å². The zero-order valence-electron chi connectivity index (χ0n) is 18.0. The number of nitrogens with zero attached hydrogens (tertiary/aromatic N) is 2. The first-order valence-electron chi connectivity index (χ1n) is 10.2. The molecule has 0 saturated heterocycles. The van der Waals surface area contributed by atoms with Gasteiger partial charge in [0.15, 0.2) is 0 Å². The number of sulfonamides is 1. The number of rotatable bonds is 8. The molecule has 3 aromatic carbocycles. The van der Waals surface area contributed by atoms with Crippen LogP contribution in [-0.4, -0.2) is 17.6 Å². The van der Waals surface area contributed by atoms with E-state index in [0.717, 1.165) is 16.7 Å². The molecule has 32 heavy (non-hydrogen) atoms. The van der Waals surface area contributed by atoms with E-state index in [9.17, 15) is 13.2 Å². The normalized spacial score (nSPS) is 11.8. The van der Waals surface area contributed by atoms with Crippen molar-refractivity contribution in [2.75, 3.05) is 0 Å². The van der Waals surface area contributed by atoms with Crippen molar-refractivity contribution in [2.24, 2.45) is 14.1 Å². The predicted octanol–water partition coefficient (Wildman–Crippen LogP) is 3.07. The summed E-state index contributed by atoms with van der Waals surface area (Å²) in [5.41, 5.74) is 3.89. The minimum atomic E-state index is -3.77. The molecular weight excluding hydrogens is 426 g/mol. The lowest BCUT2D eigenvalue weighted by Gasteiger charge is -2.12. The van der Waals surface area contributed by atoms with E-state index in [2.05, 4.69) is 4.72 Å². The first-order chi connectivity index (χ1) is 15.4. The summed E-state index contributed by atoms with van der Waals surface area (Å²) in [4.78, 5) is 12.2. The third kappa shape index (κ3) is 4.52. The molecule has 0 aliphatic rings. The van der Waals surface area contributed by atoms with Gasteiger partial charge in [-0.25, -0.2) is 17.9 Å². The minimum absolute atomic E-state index is 0.115. The highest BCUT2D eigenvalue weighted by atomic mass is 32.2. The number of hydrogen-bond donors (Lipinski definition) is 1. The van der Waals surface area contributed by atoms with Crippen LogP contribution in [0.2, 0.25) is 0 Å². The fourth-order valence-electron chi connectivity index (χ4n) is 3.63. The summed E-state index contributed by atoms with van der Waals surface area (Å²) in [6.45, 7) is 1.00. The predicted molar refractivity (Wildman–Crippen MR) is 124 cm³/mol. The number of nitrogens with one attached hydrogen (secondary N) is 1. The van der Waals surface area contributed by atoms with E-state index in [4.69, 9.17) is 4.74 Å². The standard InChI is InChI=1S/C24H25N3O4S/c1-26-22-13-12-21(14-23(22)27(2)24(26)28)32(29,30)25-15-19-10-6-7-11-20(19)17-31-16-18-8-4-3-5-9-18/h3-14,25H,15-17H2,1-2H3. The van der Waals surface area contributed by atoms with E-state index in [1.165, 1.54) is 21.3 Å². The summed E-state index contributed by atoms with van der Waals surface area (Å²) in [5, 5.41) is 0. The zero-order valence-corrected chi connectivity index (χ0v) is 18.8. The number of aromatic nitrogens is 2. The Kier molecular flexibility index (Phi) is 6.27. The fourth-order valence-corrected chi connectivity index (χ4v) is 4.66. The van der Waals surface area contributed by atoms with Gasteiger partial charge in [0, 0.05) is 20.6 Å². The van der Waals surface area contributed by atoms with Gasteiger partial charge >= 0.3 is 5.69 Å². The lowest BCUT2D eigenvalue weighted by Crippen LogP contribution is -2.24. The maximum absolute atomic E-state index is 12.9. The Bertz CT molecular complexity index is 1410. The smallest absolute Gasteiger partial charge is 0.328 e. The lowest BCUT2D eigenvalue weighted by molar-refractivity contribution is 0.106. The third-order valence-electron chi connectivity index (χ3n) is 5.49. The van der Waals surface area contributed by atoms with Gasteiger partial charge in [-0.2, -0.15) is 0 Å². The number of benzene rings is 3. The highest BCUT2D eigenvalue weighted by molar-refractivity contribution is 7.89. The molecule has 0 atom stereocenters. The Morgan fingerprint density at radius 3 is 2.22 bits per heavy atom. The molecule has 0 saturated carbocycles. The molecule has 0 aliphatic heterocycles. The van der Waals surface area contributed by atoms with Crippen molar-refractivity contribution in [3.63, 3.8) is 0 Å². The van der Waals surface area contributed by atoms with Crippen LogP contribution in [0, 0.1) is 0 Å². The van der Waals surface area contributed by atoms with Crippen molar-refractivity contribution < 1.29 is 13.2 Å². The van der Waals surface area contributed by atoms with Crippen molar-refractivity contribution in [2.45, 2.75) is 24.7 Å². The highest BCUT2D eigenvalue weighted by Gasteiger charge is 2.17. The third-order valence-corrected chi connectivity index (χ3v) is 6.89. The van der Waals surface area contributed by atoms with Gasteiger partial charge < -0.3 is 4.74 Å². The lowest BCUT2D eigenvalue weighted by atomic mass is 10.1. The number of ether oxygens (including phenoxy) is 1. The Morgan fingerprint density at radius 1 is 0.812 bits per heavy atom. The van der Waals surface area contributed by atoms with E-state index in [1.54, 1.807) is 20.2 Å². The van der Waals surface area contributed by atoms with Gasteiger partial charge in [-0.15, -0.1) is 0 Å². The Hall–Kier alpha value is -3.20. The fraction of sp³-hybridized carbons (Fsp3) is 0.208. The minimum Gasteiger partial charge on any atom is -0.372 e. The summed E-state index contributed by atoms with van der Waals surface area (Å²) < 4.78 is 37.3. The second-order valence-corrected chi connectivity index (χ2v) is 9.39. The van der Waals surface area contributed by atoms with Crippen LogP contribution in [0.25, 0.3) is 11.0 Å². The first-order valence-corrected chi connectivity index (χ1v) is 11.7. The van der Waals surface area contributed by atoms with E-state index in [-0.39, 0.29) is 17.1 Å². The van der Waals surface area contributed by atoms with Crippen molar-refractivity contribution in [3.05, 3.63) is 100.0 Å². The van der Waals surface area contributed by atoms with Gasteiger partial charge in [0.25, 0.3) is 0 Å². The summed E-state index contributed by atoms with van der Waals surface area (Å²) in [5.74, 6) is 0. The van der Waals surface area contributed by atoms with Gasteiger partial charge in [0.1, 0.15) is 0 Å². The average molecular weight is 452 g/mol. The van der Waals surface area contributed by atoms with Gasteiger partial charge in [-0.3, -0.25) is 9.13 Å². The second kappa shape index (κ2) is 9.12. The van der Waals surface area contributed by atoms with Crippen LogP contribution in [0.1, 0.15) is 16.7 Å². The second-order valence-electron chi connectivity index (χ2n) is 7.62. The molecule has 1 aromatic heterocycles. The molecule has 0 amide bonds. The van der Waals surface area contributed by atoms with Crippen molar-refractivity contribution in [1.29, 1.82) is 0 Å². The first kappa shape index (κ1) is 22.0. The maximum Gasteiger partial charge on any atom is 0.328 e. The van der Waals surface area contributed by atoms with Crippen molar-refractivity contribution in [3.8, 4) is 0 Å². The van der Waals surface area contributed by atoms with Crippen LogP contribution in [0.3, 0.4) is 0 Å². The van der Waals surface area contributed by atoms with Gasteiger partial charge in [-0.05, 0) is 34.9 Å². The Morgan fingerprint density at radius 2 is 1.47 bits per heavy atom. The van der Waals surface area contributed by atoms with E-state index in [1.807, 2.05) is 54.6 Å². The summed E-state index contributed by atoms with van der Waals surface area (Å²) >= 11 is 0. The highest BCUT2D eigenvalue weighted by Crippen LogP contribution is 2.19. The number of imidazole rings is 1. The van der Waals surface area contributed by atoms with Crippen LogP contribution < -0.4 is 10.4 Å². The number of aryl methyl sites for hydroxylation is 2. The molecule has 4 aromatic rings. The molecule has 166 valence electrons. The average Bonchev–Trinajstić information content (AvgIpc) is 3.03. The molecule has 8 heteroatoms. The molecule has 4 rings (SSSR count). The van der Waals surface area contributed by atoms with Crippen LogP contribution in [0.15, 0.2) is 82.5 Å². The van der Waals surface area contributed by atoms with Crippen LogP contribution >= 0.6 is 0 Å². The van der Waals surface area contributed by atoms with Gasteiger partial charge in [-0.1, -0.05) is 54.6 Å². The monoisotopic (exact) mass is 451 g/mol. The summed E-state index contributed by atoms with van der Waals surface area (Å²) in [6, 6.07) is 22.2. The van der Waals surface area contributed by atoms with Crippen LogP contribution in [0.5, 0.6) is 0 Å². The number of hydrogen-bond acceptors (Lipinski definition) is 4.